The fraction of sp³-hybridized carbons (Fsp3) is 0.0943. The zero-order chi connectivity index (χ0) is 38.7. The van der Waals surface area contributed by atoms with E-state index in [1.54, 1.807) is 0 Å². The molecule has 3 heteroatoms. The third-order valence-electron chi connectivity index (χ3n) is 11.3. The minimum atomic E-state index is -0.344. The molecule has 10 rings (SSSR count). The van der Waals surface area contributed by atoms with E-state index in [4.69, 9.17) is 5.73 Å². The maximum atomic E-state index is 6.03. The van der Waals surface area contributed by atoms with Crippen LogP contribution in [0.5, 0.6) is 0 Å². The van der Waals surface area contributed by atoms with Crippen LogP contribution in [0.3, 0.4) is 0 Å². The van der Waals surface area contributed by atoms with Crippen molar-refractivity contribution in [1.29, 1.82) is 0 Å². The van der Waals surface area contributed by atoms with E-state index in [0.717, 1.165) is 28.2 Å². The van der Waals surface area contributed by atoms with Crippen LogP contribution in [0.25, 0.3) is 33.4 Å². The smallest absolute Gasteiger partial charge is 0.0720 e. The molecule has 0 aliphatic heterocycles. The summed E-state index contributed by atoms with van der Waals surface area (Å²) in [4.78, 5) is 0. The SMILES string of the molecule is CC1(C)c2ccccc2C2(c3ccccc3-c3c(Nc4ccccc4)cccc32)c2ccccc21.CN.Nc1cc(-c2ccccc2)cc(-c2ccccc2)c1. The highest BCUT2D eigenvalue weighted by Gasteiger charge is 2.53. The van der Waals surface area contributed by atoms with Crippen molar-refractivity contribution in [2.24, 2.45) is 5.73 Å². The summed E-state index contributed by atoms with van der Waals surface area (Å²) >= 11 is 0. The number of nitrogen functional groups attached to an aromatic ring is 1. The number of rotatable bonds is 4. The summed E-state index contributed by atoms with van der Waals surface area (Å²) < 4.78 is 0. The van der Waals surface area contributed by atoms with E-state index in [1.165, 1.54) is 62.7 Å². The fourth-order valence-corrected chi connectivity index (χ4v) is 8.94. The third kappa shape index (κ3) is 6.17. The van der Waals surface area contributed by atoms with E-state index in [-0.39, 0.29) is 10.8 Å². The van der Waals surface area contributed by atoms with Crippen LogP contribution in [0.2, 0.25) is 0 Å². The first-order chi connectivity index (χ1) is 27.5. The second-order valence-corrected chi connectivity index (χ2v) is 14.8. The molecule has 0 saturated carbocycles. The lowest BCUT2D eigenvalue weighted by Gasteiger charge is -2.46. The number of nitrogens with one attached hydrogen (secondary N) is 1. The number of benzene rings is 8. The standard InChI is InChI=1S/C34H27N.C18H15N.CH5N/c1-33(2)26-17-8-10-19-28(26)34(29-20-11-9-18-27(29)33)25-16-7-6-15-24(25)32-30(34)21-12-22-31(32)35-23-13-4-3-5-14-23;19-18-12-16(14-7-3-1-4-8-14)11-17(13-18)15-9-5-2-6-10-15;1-2/h3-22,35H,1-2H3;1-13H,19H2;2H2,1H3. The van der Waals surface area contributed by atoms with Crippen molar-refractivity contribution < 1.29 is 0 Å². The highest BCUT2D eigenvalue weighted by Crippen LogP contribution is 2.63. The van der Waals surface area contributed by atoms with E-state index in [0.29, 0.717) is 0 Å². The minimum Gasteiger partial charge on any atom is -0.399 e. The summed E-state index contributed by atoms with van der Waals surface area (Å²) in [5.41, 5.74) is 28.8. The molecular weight excluding hydrogens is 679 g/mol. The molecule has 0 unspecified atom stereocenters. The fourth-order valence-electron chi connectivity index (χ4n) is 8.94. The molecule has 8 aromatic rings. The van der Waals surface area contributed by atoms with E-state index in [1.807, 2.05) is 48.5 Å². The van der Waals surface area contributed by atoms with Crippen LogP contribution in [-0.2, 0) is 10.8 Å². The molecule has 8 aromatic carbocycles. The van der Waals surface area contributed by atoms with E-state index >= 15 is 0 Å². The molecule has 1 spiro atoms. The Morgan fingerprint density at radius 2 is 0.821 bits per heavy atom. The predicted molar refractivity (Wildman–Crippen MR) is 237 cm³/mol. The lowest BCUT2D eigenvalue weighted by molar-refractivity contribution is 0.563. The van der Waals surface area contributed by atoms with Crippen LogP contribution in [0.1, 0.15) is 47.2 Å². The molecule has 0 atom stereocenters. The summed E-state index contributed by atoms with van der Waals surface area (Å²) in [5.74, 6) is 0. The van der Waals surface area contributed by atoms with E-state index < -0.39 is 0 Å². The molecule has 5 N–H and O–H groups in total. The third-order valence-corrected chi connectivity index (χ3v) is 11.3. The topological polar surface area (TPSA) is 64.1 Å². The molecule has 0 bridgehead atoms. The quantitative estimate of drug-likeness (QED) is 0.158. The average molecular weight is 726 g/mol. The Balaban J connectivity index is 0.000000178. The van der Waals surface area contributed by atoms with Crippen LogP contribution >= 0.6 is 0 Å². The van der Waals surface area contributed by atoms with Gasteiger partial charge < -0.3 is 16.8 Å². The summed E-state index contributed by atoms with van der Waals surface area (Å²) in [6, 6.07) is 71.3. The van der Waals surface area contributed by atoms with Gasteiger partial charge in [0.2, 0.25) is 0 Å². The van der Waals surface area contributed by atoms with Crippen molar-refractivity contribution in [1.82, 2.24) is 0 Å². The molecule has 0 saturated heterocycles. The first-order valence-corrected chi connectivity index (χ1v) is 19.3. The van der Waals surface area contributed by atoms with Crippen molar-refractivity contribution in [3.05, 3.63) is 234 Å². The van der Waals surface area contributed by atoms with Crippen molar-refractivity contribution >= 4 is 17.1 Å². The van der Waals surface area contributed by atoms with Gasteiger partial charge in [-0.25, -0.2) is 0 Å². The Labute approximate surface area is 331 Å². The van der Waals surface area contributed by atoms with Gasteiger partial charge in [-0.3, -0.25) is 0 Å². The molecule has 3 nitrogen and oxygen atoms in total. The van der Waals surface area contributed by atoms with Crippen molar-refractivity contribution in [3.8, 4) is 33.4 Å². The minimum absolute atomic E-state index is 0.0734. The first kappa shape index (κ1) is 36.3. The monoisotopic (exact) mass is 725 g/mol. The lowest BCUT2D eigenvalue weighted by atomic mass is 9.55. The van der Waals surface area contributed by atoms with Crippen molar-refractivity contribution in [2.45, 2.75) is 24.7 Å². The second kappa shape index (κ2) is 15.2. The van der Waals surface area contributed by atoms with E-state index in [2.05, 4.69) is 177 Å². The average Bonchev–Trinajstić information content (AvgIpc) is 3.56. The molecule has 0 radical (unpaired) electrons. The molecule has 2 aliphatic carbocycles. The van der Waals surface area contributed by atoms with Gasteiger partial charge in [0.25, 0.3) is 0 Å². The Morgan fingerprint density at radius 3 is 1.36 bits per heavy atom. The molecule has 0 aromatic heterocycles. The van der Waals surface area contributed by atoms with Crippen molar-refractivity contribution in [3.63, 3.8) is 0 Å². The normalized spacial score (nSPS) is 13.4. The Morgan fingerprint density at radius 1 is 0.393 bits per heavy atom. The van der Waals surface area contributed by atoms with Gasteiger partial charge in [-0.05, 0) is 105 Å². The predicted octanol–water partition coefficient (Wildman–Crippen LogP) is 12.6. The number of hydrogen-bond acceptors (Lipinski definition) is 3. The zero-order valence-corrected chi connectivity index (χ0v) is 32.2. The number of hydrogen-bond donors (Lipinski definition) is 3. The van der Waals surface area contributed by atoms with Gasteiger partial charge in [0.15, 0.2) is 0 Å². The van der Waals surface area contributed by atoms with E-state index in [9.17, 15) is 0 Å². The van der Waals surface area contributed by atoms with Crippen LogP contribution in [0.15, 0.2) is 200 Å². The van der Waals surface area contributed by atoms with Crippen LogP contribution in [0.4, 0.5) is 17.1 Å². The van der Waals surface area contributed by atoms with Gasteiger partial charge in [0.1, 0.15) is 0 Å². The summed E-state index contributed by atoms with van der Waals surface area (Å²) in [5, 5.41) is 3.73. The van der Waals surface area contributed by atoms with Crippen LogP contribution in [0, 0.1) is 0 Å². The maximum Gasteiger partial charge on any atom is 0.0720 e. The van der Waals surface area contributed by atoms with Gasteiger partial charge in [0.05, 0.1) is 5.41 Å². The lowest BCUT2D eigenvalue weighted by Crippen LogP contribution is -2.40. The van der Waals surface area contributed by atoms with Gasteiger partial charge in [-0.2, -0.15) is 0 Å². The molecule has 274 valence electrons. The highest BCUT2D eigenvalue weighted by atomic mass is 14.9. The van der Waals surface area contributed by atoms with Gasteiger partial charge in [0, 0.05) is 28.0 Å². The van der Waals surface area contributed by atoms with Gasteiger partial charge >= 0.3 is 0 Å². The number of nitrogens with two attached hydrogens (primary N) is 2. The second-order valence-electron chi connectivity index (χ2n) is 14.8. The summed E-state index contributed by atoms with van der Waals surface area (Å²) in [6.07, 6.45) is 0. The summed E-state index contributed by atoms with van der Waals surface area (Å²) in [6.45, 7) is 4.74. The van der Waals surface area contributed by atoms with Crippen LogP contribution < -0.4 is 16.8 Å². The Kier molecular flexibility index (Phi) is 9.87. The maximum absolute atomic E-state index is 6.03. The molecular formula is C53H47N3. The Hall–Kier alpha value is -6.68. The molecule has 0 heterocycles. The highest BCUT2D eigenvalue weighted by molar-refractivity contribution is 5.95. The molecule has 56 heavy (non-hydrogen) atoms. The van der Waals surface area contributed by atoms with Crippen LogP contribution in [-0.4, -0.2) is 7.05 Å². The zero-order valence-electron chi connectivity index (χ0n) is 32.2. The largest absolute Gasteiger partial charge is 0.399 e. The number of fused-ring (bicyclic) bond motifs is 9. The molecule has 0 fully saturated rings. The Bertz CT molecular complexity index is 2500. The van der Waals surface area contributed by atoms with Gasteiger partial charge in [-0.1, -0.05) is 178 Å². The first-order valence-electron chi connectivity index (χ1n) is 19.3. The van der Waals surface area contributed by atoms with Crippen molar-refractivity contribution in [2.75, 3.05) is 18.1 Å². The molecule has 2 aliphatic rings. The number of para-hydroxylation sites is 1. The number of anilines is 3. The van der Waals surface area contributed by atoms with Gasteiger partial charge in [-0.15, -0.1) is 0 Å². The molecule has 0 amide bonds. The summed E-state index contributed by atoms with van der Waals surface area (Å²) in [7, 11) is 1.50.